The predicted octanol–water partition coefficient (Wildman–Crippen LogP) is 4.11. The number of aromatic nitrogens is 1. The molecule has 0 bridgehead atoms. The summed E-state index contributed by atoms with van der Waals surface area (Å²) in [6.07, 6.45) is 1.39. The zero-order valence-corrected chi connectivity index (χ0v) is 15.5. The van der Waals surface area contributed by atoms with Crippen LogP contribution in [0.1, 0.15) is 50.4 Å². The minimum Gasteiger partial charge on any atom is -0.444 e. The van der Waals surface area contributed by atoms with Crippen molar-refractivity contribution in [3.8, 4) is 0 Å². The molecule has 0 aliphatic carbocycles. The Labute approximate surface area is 146 Å². The lowest BCUT2D eigenvalue weighted by Gasteiger charge is -2.19. The first kappa shape index (κ1) is 20.2. The van der Waals surface area contributed by atoms with Crippen LogP contribution in [0.2, 0.25) is 5.15 Å². The SMILES string of the molecule is Cc1nc(Cl)c([N+](=O)[O-])c(CCCCNC(=O)OC(C)(C)C)c1C. The van der Waals surface area contributed by atoms with E-state index in [1.807, 2.05) is 0 Å². The van der Waals surface area contributed by atoms with E-state index in [9.17, 15) is 14.9 Å². The van der Waals surface area contributed by atoms with Crippen LogP contribution >= 0.6 is 11.6 Å². The molecule has 0 unspecified atom stereocenters. The largest absolute Gasteiger partial charge is 0.444 e. The molecule has 0 spiro atoms. The molecule has 8 heteroatoms. The molecule has 1 heterocycles. The van der Waals surface area contributed by atoms with Gasteiger partial charge in [0.05, 0.1) is 4.92 Å². The van der Waals surface area contributed by atoms with Crippen molar-refractivity contribution in [2.75, 3.05) is 6.54 Å². The Bertz CT molecular complexity index is 627. The second-order valence-corrected chi connectivity index (χ2v) is 6.94. The van der Waals surface area contributed by atoms with Crippen LogP contribution in [0.15, 0.2) is 0 Å². The number of nitro groups is 1. The van der Waals surface area contributed by atoms with Crippen molar-refractivity contribution in [3.63, 3.8) is 0 Å². The third-order valence-corrected chi connectivity index (χ3v) is 3.71. The second-order valence-electron chi connectivity index (χ2n) is 6.58. The summed E-state index contributed by atoms with van der Waals surface area (Å²) in [7, 11) is 0. The number of alkyl carbamates (subject to hydrolysis) is 1. The standard InChI is InChI=1S/C16H24ClN3O4/c1-10-11(2)19-14(17)13(20(22)23)12(10)8-6-7-9-18-15(21)24-16(3,4)5/h6-9H2,1-5H3,(H,18,21). The molecule has 1 rings (SSSR count). The number of hydrogen-bond acceptors (Lipinski definition) is 5. The van der Waals surface area contributed by atoms with Crippen molar-refractivity contribution in [3.05, 3.63) is 32.1 Å². The molecular weight excluding hydrogens is 334 g/mol. The van der Waals surface area contributed by atoms with E-state index in [4.69, 9.17) is 16.3 Å². The van der Waals surface area contributed by atoms with E-state index in [1.54, 1.807) is 34.6 Å². The van der Waals surface area contributed by atoms with Crippen LogP contribution in [0.25, 0.3) is 0 Å². The van der Waals surface area contributed by atoms with Gasteiger partial charge in [-0.2, -0.15) is 0 Å². The molecule has 0 radical (unpaired) electrons. The van der Waals surface area contributed by atoms with Crippen LogP contribution in [0.4, 0.5) is 10.5 Å². The molecule has 0 atom stereocenters. The van der Waals surface area contributed by atoms with Gasteiger partial charge in [0.15, 0.2) is 0 Å². The van der Waals surface area contributed by atoms with Gasteiger partial charge >= 0.3 is 11.8 Å². The van der Waals surface area contributed by atoms with E-state index in [-0.39, 0.29) is 10.8 Å². The van der Waals surface area contributed by atoms with Crippen LogP contribution in [-0.2, 0) is 11.2 Å². The molecule has 0 aliphatic heterocycles. The number of unbranched alkanes of at least 4 members (excludes halogenated alkanes) is 1. The molecule has 1 N–H and O–H groups in total. The molecule has 1 amide bonds. The van der Waals surface area contributed by atoms with Gasteiger partial charge in [-0.3, -0.25) is 10.1 Å². The van der Waals surface area contributed by atoms with Gasteiger partial charge < -0.3 is 10.1 Å². The van der Waals surface area contributed by atoms with E-state index < -0.39 is 16.6 Å². The number of aryl methyl sites for hydroxylation is 1. The average Bonchev–Trinajstić information content (AvgIpc) is 2.40. The van der Waals surface area contributed by atoms with Gasteiger partial charge in [0.1, 0.15) is 5.60 Å². The van der Waals surface area contributed by atoms with Gasteiger partial charge in [0.25, 0.3) is 0 Å². The lowest BCUT2D eigenvalue weighted by atomic mass is 10.0. The Kier molecular flexibility index (Phi) is 6.95. The highest BCUT2D eigenvalue weighted by Crippen LogP contribution is 2.31. The van der Waals surface area contributed by atoms with Crippen molar-refractivity contribution in [1.82, 2.24) is 10.3 Å². The molecule has 134 valence electrons. The number of carbonyl (C=O) groups is 1. The van der Waals surface area contributed by atoms with Crippen molar-refractivity contribution in [2.45, 2.75) is 59.5 Å². The fraction of sp³-hybridized carbons (Fsp3) is 0.625. The Hall–Kier alpha value is -1.89. The van der Waals surface area contributed by atoms with Gasteiger partial charge in [-0.05, 0) is 59.4 Å². The molecule has 0 fully saturated rings. The molecule has 1 aromatic rings. The summed E-state index contributed by atoms with van der Waals surface area (Å²) in [6, 6.07) is 0. The zero-order chi connectivity index (χ0) is 18.5. The minimum absolute atomic E-state index is 0.0787. The number of hydrogen-bond donors (Lipinski definition) is 1. The molecule has 0 aliphatic rings. The van der Waals surface area contributed by atoms with E-state index in [2.05, 4.69) is 10.3 Å². The molecule has 0 saturated carbocycles. The third kappa shape index (κ3) is 5.96. The van der Waals surface area contributed by atoms with Gasteiger partial charge in [-0.25, -0.2) is 9.78 Å². The van der Waals surface area contributed by atoms with Gasteiger partial charge in [-0.1, -0.05) is 11.6 Å². The Balaban J connectivity index is 2.60. The van der Waals surface area contributed by atoms with E-state index in [1.165, 1.54) is 0 Å². The number of nitrogens with one attached hydrogen (secondary N) is 1. The number of rotatable bonds is 6. The number of carbonyl (C=O) groups excluding carboxylic acids is 1. The van der Waals surface area contributed by atoms with Crippen LogP contribution in [0.3, 0.4) is 0 Å². The lowest BCUT2D eigenvalue weighted by molar-refractivity contribution is -0.385. The molecule has 0 aromatic carbocycles. The fourth-order valence-corrected chi connectivity index (χ4v) is 2.54. The van der Waals surface area contributed by atoms with Crippen LogP contribution in [0, 0.1) is 24.0 Å². The number of nitrogens with zero attached hydrogens (tertiary/aromatic N) is 2. The minimum atomic E-state index is -0.535. The quantitative estimate of drug-likeness (QED) is 0.358. The topological polar surface area (TPSA) is 94.4 Å². The van der Waals surface area contributed by atoms with Crippen LogP contribution in [-0.4, -0.2) is 28.1 Å². The second kappa shape index (κ2) is 8.28. The van der Waals surface area contributed by atoms with Crippen molar-refractivity contribution >= 4 is 23.4 Å². The highest BCUT2D eigenvalue weighted by Gasteiger charge is 2.23. The van der Waals surface area contributed by atoms with Gasteiger partial charge in [0.2, 0.25) is 5.15 Å². The van der Waals surface area contributed by atoms with E-state index in [0.717, 1.165) is 5.56 Å². The summed E-state index contributed by atoms with van der Waals surface area (Å²) in [6.45, 7) is 9.41. The first-order chi connectivity index (χ1) is 11.0. The summed E-state index contributed by atoms with van der Waals surface area (Å²) in [5.41, 5.74) is 1.42. The fourth-order valence-electron chi connectivity index (χ4n) is 2.23. The number of halogens is 1. The maximum atomic E-state index is 11.5. The number of pyridine rings is 1. The Morgan fingerprint density at radius 2 is 1.96 bits per heavy atom. The maximum Gasteiger partial charge on any atom is 0.407 e. The Morgan fingerprint density at radius 1 is 1.33 bits per heavy atom. The highest BCUT2D eigenvalue weighted by atomic mass is 35.5. The maximum absolute atomic E-state index is 11.5. The summed E-state index contributed by atoms with van der Waals surface area (Å²) < 4.78 is 5.14. The number of amides is 1. The normalized spacial score (nSPS) is 11.2. The summed E-state index contributed by atoms with van der Waals surface area (Å²) in [5.74, 6) is 0. The van der Waals surface area contributed by atoms with Crippen molar-refractivity contribution in [1.29, 1.82) is 0 Å². The van der Waals surface area contributed by atoms with Crippen molar-refractivity contribution in [2.24, 2.45) is 0 Å². The summed E-state index contributed by atoms with van der Waals surface area (Å²) in [4.78, 5) is 26.3. The van der Waals surface area contributed by atoms with E-state index >= 15 is 0 Å². The highest BCUT2D eigenvalue weighted by molar-refractivity contribution is 6.31. The third-order valence-electron chi connectivity index (χ3n) is 3.45. The number of ether oxygens (including phenoxy) is 1. The first-order valence-corrected chi connectivity index (χ1v) is 8.17. The predicted molar refractivity (Wildman–Crippen MR) is 92.6 cm³/mol. The van der Waals surface area contributed by atoms with E-state index in [0.29, 0.717) is 37.1 Å². The molecule has 1 aromatic heterocycles. The van der Waals surface area contributed by atoms with Gasteiger partial charge in [0, 0.05) is 17.8 Å². The lowest BCUT2D eigenvalue weighted by Crippen LogP contribution is -2.33. The van der Waals surface area contributed by atoms with Crippen LogP contribution in [0.5, 0.6) is 0 Å². The molecular formula is C16H24ClN3O4. The first-order valence-electron chi connectivity index (χ1n) is 7.79. The summed E-state index contributed by atoms with van der Waals surface area (Å²) in [5, 5.41) is 13.8. The Morgan fingerprint density at radius 3 is 2.50 bits per heavy atom. The summed E-state index contributed by atoms with van der Waals surface area (Å²) >= 11 is 5.92. The molecule has 24 heavy (non-hydrogen) atoms. The monoisotopic (exact) mass is 357 g/mol. The van der Waals surface area contributed by atoms with Crippen LogP contribution < -0.4 is 5.32 Å². The zero-order valence-electron chi connectivity index (χ0n) is 14.7. The average molecular weight is 358 g/mol. The van der Waals surface area contributed by atoms with Gasteiger partial charge in [-0.15, -0.1) is 0 Å². The molecule has 7 nitrogen and oxygen atoms in total. The van der Waals surface area contributed by atoms with Crippen molar-refractivity contribution < 1.29 is 14.5 Å². The molecule has 0 saturated heterocycles. The smallest absolute Gasteiger partial charge is 0.407 e.